The fourth-order valence-corrected chi connectivity index (χ4v) is 0.737. The predicted molar refractivity (Wildman–Crippen MR) is 44.1 cm³/mol. The Morgan fingerprint density at radius 3 is 2.45 bits per heavy atom. The number of nitrogens with zero attached hydrogens (tertiary/aromatic N) is 2. The second kappa shape index (κ2) is 2.91. The predicted octanol–water partition coefficient (Wildman–Crippen LogP) is 1.16. The van der Waals surface area contributed by atoms with Crippen molar-refractivity contribution in [1.29, 1.82) is 0 Å². The Bertz CT molecular complexity index is 240. The van der Waals surface area contributed by atoms with Crippen LogP contribution in [0.3, 0.4) is 0 Å². The molecule has 11 heavy (non-hydrogen) atoms. The molecule has 1 aromatic heterocycles. The zero-order chi connectivity index (χ0) is 8.48. The first-order valence-corrected chi connectivity index (χ1v) is 4.05. The maximum Gasteiger partial charge on any atom is 0.232 e. The Morgan fingerprint density at radius 2 is 2.18 bits per heavy atom. The van der Waals surface area contributed by atoms with Gasteiger partial charge in [-0.1, -0.05) is 15.9 Å². The van der Waals surface area contributed by atoms with Gasteiger partial charge in [-0.15, -0.1) is 10.2 Å². The van der Waals surface area contributed by atoms with Crippen molar-refractivity contribution in [3.8, 4) is 0 Å². The molecule has 0 fully saturated rings. The number of alkyl halides is 1. The Hall–Kier alpha value is -0.420. The van der Waals surface area contributed by atoms with E-state index in [0.29, 0.717) is 11.8 Å². The summed E-state index contributed by atoms with van der Waals surface area (Å²) in [4.78, 5) is 0. The van der Waals surface area contributed by atoms with Crippen LogP contribution in [0.2, 0.25) is 0 Å². The molecule has 5 heteroatoms. The van der Waals surface area contributed by atoms with Crippen LogP contribution in [0.15, 0.2) is 4.42 Å². The van der Waals surface area contributed by atoms with Crippen LogP contribution in [0.25, 0.3) is 0 Å². The number of hydrogen-bond acceptors (Lipinski definition) is 4. The van der Waals surface area contributed by atoms with Crippen LogP contribution in [-0.4, -0.2) is 10.2 Å². The lowest BCUT2D eigenvalue weighted by Gasteiger charge is -2.08. The van der Waals surface area contributed by atoms with E-state index in [0.717, 1.165) is 0 Å². The Balaban J connectivity index is 2.89. The van der Waals surface area contributed by atoms with E-state index in [1.165, 1.54) is 0 Å². The number of rotatable bonds is 2. The van der Waals surface area contributed by atoms with Crippen LogP contribution in [0.5, 0.6) is 0 Å². The summed E-state index contributed by atoms with van der Waals surface area (Å²) in [5.74, 6) is 1.02. The second-order valence-electron chi connectivity index (χ2n) is 2.68. The third kappa shape index (κ3) is 2.00. The summed E-state index contributed by atoms with van der Waals surface area (Å²) in [5.41, 5.74) is 5.29. The lowest BCUT2D eigenvalue weighted by atomic mass is 10.2. The van der Waals surface area contributed by atoms with E-state index in [2.05, 4.69) is 26.1 Å². The Morgan fingerprint density at radius 1 is 1.55 bits per heavy atom. The van der Waals surface area contributed by atoms with E-state index in [-0.39, 0.29) is 10.9 Å². The number of halogens is 1. The van der Waals surface area contributed by atoms with Crippen molar-refractivity contribution in [2.24, 2.45) is 5.73 Å². The minimum Gasteiger partial charge on any atom is -0.422 e. The number of nitrogens with two attached hydrogens (primary N) is 1. The molecule has 0 spiro atoms. The van der Waals surface area contributed by atoms with Crippen LogP contribution in [-0.2, 0) is 10.9 Å². The summed E-state index contributed by atoms with van der Waals surface area (Å²) in [6, 6.07) is 0. The highest BCUT2D eigenvalue weighted by molar-refractivity contribution is 9.09. The van der Waals surface area contributed by atoms with Crippen LogP contribution in [0, 0.1) is 0 Å². The molecule has 1 heterocycles. The molecule has 0 unspecified atom stereocenters. The number of hydrogen-bond donors (Lipinski definition) is 1. The maximum atomic E-state index is 5.29. The first kappa shape index (κ1) is 8.67. The minimum absolute atomic E-state index is 0.270. The summed E-state index contributed by atoms with van der Waals surface area (Å²) >= 11 is 3.39. The summed E-state index contributed by atoms with van der Waals surface area (Å²) in [7, 11) is 0. The molecule has 0 saturated heterocycles. The van der Waals surface area contributed by atoms with E-state index >= 15 is 0 Å². The molecule has 4 nitrogen and oxygen atoms in total. The monoisotopic (exact) mass is 219 g/mol. The van der Waals surface area contributed by atoms with Gasteiger partial charge in [0.05, 0.1) is 10.9 Å². The van der Waals surface area contributed by atoms with Crippen LogP contribution >= 0.6 is 15.9 Å². The molecule has 0 aliphatic rings. The first-order chi connectivity index (χ1) is 5.04. The van der Waals surface area contributed by atoms with Crippen molar-refractivity contribution in [3.05, 3.63) is 11.8 Å². The summed E-state index contributed by atoms with van der Waals surface area (Å²) in [6.45, 7) is 4.15. The molecule has 0 radical (unpaired) electrons. The smallest absolute Gasteiger partial charge is 0.232 e. The molecule has 62 valence electrons. The first-order valence-electron chi connectivity index (χ1n) is 3.26. The largest absolute Gasteiger partial charge is 0.422 e. The minimum atomic E-state index is -0.270. The fourth-order valence-electron chi connectivity index (χ4n) is 0.576. The fraction of sp³-hybridized carbons (Fsp3) is 0.667. The van der Waals surface area contributed by atoms with Gasteiger partial charge in [-0.25, -0.2) is 0 Å². The van der Waals surface area contributed by atoms with Gasteiger partial charge >= 0.3 is 0 Å². The summed E-state index contributed by atoms with van der Waals surface area (Å²) in [6.07, 6.45) is 0. The molecule has 0 aromatic carbocycles. The van der Waals surface area contributed by atoms with E-state index in [1.54, 1.807) is 0 Å². The molecule has 0 aliphatic carbocycles. The molecule has 0 bridgehead atoms. The average molecular weight is 220 g/mol. The van der Waals surface area contributed by atoms with Gasteiger partial charge in [0.25, 0.3) is 0 Å². The molecule has 0 saturated carbocycles. The SMILES string of the molecule is CC(C)(Br)c1nnc(CN)o1. The van der Waals surface area contributed by atoms with Gasteiger partial charge in [0.15, 0.2) is 0 Å². The number of aromatic nitrogens is 2. The van der Waals surface area contributed by atoms with Crippen LogP contribution in [0.4, 0.5) is 0 Å². The highest BCUT2D eigenvalue weighted by atomic mass is 79.9. The zero-order valence-corrected chi connectivity index (χ0v) is 8.05. The third-order valence-electron chi connectivity index (χ3n) is 1.15. The van der Waals surface area contributed by atoms with Gasteiger partial charge in [0, 0.05) is 0 Å². The van der Waals surface area contributed by atoms with Gasteiger partial charge in [0.2, 0.25) is 11.8 Å². The Kier molecular flexibility index (Phi) is 2.29. The standard InChI is InChI=1S/C6H10BrN3O/c1-6(2,7)5-10-9-4(3-8)11-5/h3,8H2,1-2H3. The molecular formula is C6H10BrN3O. The quantitative estimate of drug-likeness (QED) is 0.759. The van der Waals surface area contributed by atoms with Crippen molar-refractivity contribution in [2.75, 3.05) is 0 Å². The lowest BCUT2D eigenvalue weighted by molar-refractivity contribution is 0.423. The second-order valence-corrected chi connectivity index (χ2v) is 4.66. The summed E-state index contributed by atoms with van der Waals surface area (Å²) < 4.78 is 4.93. The van der Waals surface area contributed by atoms with Crippen molar-refractivity contribution < 1.29 is 4.42 Å². The molecule has 2 N–H and O–H groups in total. The van der Waals surface area contributed by atoms with Crippen LogP contribution in [0.1, 0.15) is 25.6 Å². The highest BCUT2D eigenvalue weighted by Crippen LogP contribution is 2.28. The van der Waals surface area contributed by atoms with Gasteiger partial charge in [-0.2, -0.15) is 0 Å². The topological polar surface area (TPSA) is 64.9 Å². The van der Waals surface area contributed by atoms with E-state index in [9.17, 15) is 0 Å². The van der Waals surface area contributed by atoms with E-state index in [4.69, 9.17) is 10.2 Å². The zero-order valence-electron chi connectivity index (χ0n) is 6.47. The molecule has 0 aliphatic heterocycles. The van der Waals surface area contributed by atoms with E-state index in [1.807, 2.05) is 13.8 Å². The summed E-state index contributed by atoms with van der Waals surface area (Å²) in [5, 5.41) is 7.54. The molecule has 0 amide bonds. The highest BCUT2D eigenvalue weighted by Gasteiger charge is 2.22. The normalized spacial score (nSPS) is 12.0. The molecule has 1 rings (SSSR count). The van der Waals surface area contributed by atoms with Crippen molar-refractivity contribution in [2.45, 2.75) is 24.7 Å². The van der Waals surface area contributed by atoms with Crippen molar-refractivity contribution in [1.82, 2.24) is 10.2 Å². The van der Waals surface area contributed by atoms with Gasteiger partial charge in [0.1, 0.15) is 0 Å². The Labute approximate surface area is 73.3 Å². The molecular weight excluding hydrogens is 210 g/mol. The average Bonchev–Trinajstić information content (AvgIpc) is 2.32. The third-order valence-corrected chi connectivity index (χ3v) is 1.49. The van der Waals surface area contributed by atoms with Gasteiger partial charge in [-0.05, 0) is 13.8 Å². The lowest BCUT2D eigenvalue weighted by Crippen LogP contribution is -2.06. The molecule has 1 aromatic rings. The van der Waals surface area contributed by atoms with Gasteiger partial charge in [-0.3, -0.25) is 0 Å². The van der Waals surface area contributed by atoms with E-state index < -0.39 is 0 Å². The van der Waals surface area contributed by atoms with Gasteiger partial charge < -0.3 is 10.2 Å². The van der Waals surface area contributed by atoms with Crippen molar-refractivity contribution >= 4 is 15.9 Å². The maximum absolute atomic E-state index is 5.29. The van der Waals surface area contributed by atoms with Crippen molar-refractivity contribution in [3.63, 3.8) is 0 Å². The van der Waals surface area contributed by atoms with Crippen LogP contribution < -0.4 is 5.73 Å². The molecule has 0 atom stereocenters.